The molecule has 3 nitrogen and oxygen atoms in total. The molecule has 2 fully saturated rings. The van der Waals surface area contributed by atoms with E-state index < -0.39 is 0 Å². The number of ether oxygens (including phenoxy) is 2. The van der Waals surface area contributed by atoms with E-state index in [1.54, 1.807) is 12.1 Å². The van der Waals surface area contributed by atoms with Crippen LogP contribution >= 0.6 is 0 Å². The molecule has 0 bridgehead atoms. The molecule has 1 atom stereocenters. The Morgan fingerprint density at radius 2 is 2.14 bits per heavy atom. The highest BCUT2D eigenvalue weighted by Crippen LogP contribution is 2.30. The van der Waals surface area contributed by atoms with E-state index in [-0.39, 0.29) is 17.5 Å². The third kappa shape index (κ3) is 4.17. The molecule has 1 aliphatic carbocycles. The van der Waals surface area contributed by atoms with Crippen LogP contribution in [0.3, 0.4) is 0 Å². The summed E-state index contributed by atoms with van der Waals surface area (Å²) in [4.78, 5) is 0. The fraction of sp³-hybridized carbons (Fsp3) is 0.647. The van der Waals surface area contributed by atoms with Crippen molar-refractivity contribution < 1.29 is 13.9 Å². The number of halogens is 1. The second-order valence-electron chi connectivity index (χ2n) is 6.76. The minimum atomic E-state index is -0.215. The standard InChI is InChI=1S/C17H24FNO2/c1-17(2)8-7-15(21-17)11-20-16-6-3-13(18)9-12(16)10-19-14-4-5-14/h3,6,9,14-15,19H,4-5,7-8,10-11H2,1-2H3. The minimum absolute atomic E-state index is 0.0484. The summed E-state index contributed by atoms with van der Waals surface area (Å²) in [5.74, 6) is 0.547. The first-order chi connectivity index (χ1) is 10.0. The van der Waals surface area contributed by atoms with Crippen LogP contribution in [0.15, 0.2) is 18.2 Å². The average molecular weight is 293 g/mol. The Labute approximate surface area is 125 Å². The number of benzene rings is 1. The number of nitrogens with one attached hydrogen (secondary N) is 1. The number of hydrogen-bond acceptors (Lipinski definition) is 3. The maximum absolute atomic E-state index is 13.4. The average Bonchev–Trinajstić information content (AvgIpc) is 3.19. The number of hydrogen-bond donors (Lipinski definition) is 1. The predicted octanol–water partition coefficient (Wildman–Crippen LogP) is 3.41. The summed E-state index contributed by atoms with van der Waals surface area (Å²) in [5, 5.41) is 3.40. The lowest BCUT2D eigenvalue weighted by Gasteiger charge is -2.20. The highest BCUT2D eigenvalue weighted by molar-refractivity contribution is 5.34. The van der Waals surface area contributed by atoms with Gasteiger partial charge in [0.05, 0.1) is 11.7 Å². The zero-order valence-corrected chi connectivity index (χ0v) is 12.8. The zero-order chi connectivity index (χ0) is 14.9. The van der Waals surface area contributed by atoms with Crippen molar-refractivity contribution in [3.8, 4) is 5.75 Å². The molecular weight excluding hydrogens is 269 g/mol. The summed E-state index contributed by atoms with van der Waals surface area (Å²) in [6, 6.07) is 5.33. The summed E-state index contributed by atoms with van der Waals surface area (Å²) >= 11 is 0. The SMILES string of the molecule is CC1(C)CCC(COc2ccc(F)cc2CNC2CC2)O1. The van der Waals surface area contributed by atoms with Crippen molar-refractivity contribution in [1.29, 1.82) is 0 Å². The molecule has 0 radical (unpaired) electrons. The quantitative estimate of drug-likeness (QED) is 0.872. The third-order valence-electron chi connectivity index (χ3n) is 4.16. The first-order valence-corrected chi connectivity index (χ1v) is 7.84. The molecule has 1 aromatic rings. The molecule has 1 unspecified atom stereocenters. The highest BCUT2D eigenvalue weighted by Gasteiger charge is 2.32. The molecule has 0 amide bonds. The van der Waals surface area contributed by atoms with Gasteiger partial charge in [-0.25, -0.2) is 4.39 Å². The largest absolute Gasteiger partial charge is 0.491 e. The van der Waals surface area contributed by atoms with Gasteiger partial charge in [0.1, 0.15) is 18.2 Å². The molecular formula is C17H24FNO2. The Hall–Kier alpha value is -1.13. The Morgan fingerprint density at radius 1 is 1.33 bits per heavy atom. The van der Waals surface area contributed by atoms with E-state index in [0.717, 1.165) is 24.2 Å². The Balaban J connectivity index is 1.58. The van der Waals surface area contributed by atoms with Gasteiger partial charge in [-0.15, -0.1) is 0 Å². The van der Waals surface area contributed by atoms with Crippen LogP contribution in [-0.4, -0.2) is 24.4 Å². The van der Waals surface area contributed by atoms with Crippen molar-refractivity contribution >= 4 is 0 Å². The normalized spacial score (nSPS) is 24.2. The number of rotatable bonds is 6. The van der Waals surface area contributed by atoms with Crippen LogP contribution in [0.5, 0.6) is 5.75 Å². The van der Waals surface area contributed by atoms with Crippen LogP contribution in [0, 0.1) is 5.82 Å². The minimum Gasteiger partial charge on any atom is -0.491 e. The first-order valence-electron chi connectivity index (χ1n) is 7.84. The second kappa shape index (κ2) is 5.93. The Kier molecular flexibility index (Phi) is 4.18. The Bertz CT molecular complexity index is 500. The van der Waals surface area contributed by atoms with E-state index in [0.29, 0.717) is 19.2 Å². The topological polar surface area (TPSA) is 30.5 Å². The molecule has 1 saturated heterocycles. The summed E-state index contributed by atoms with van der Waals surface area (Å²) in [6.45, 7) is 5.41. The molecule has 1 heterocycles. The molecule has 0 aromatic heterocycles. The summed E-state index contributed by atoms with van der Waals surface area (Å²) in [5.41, 5.74) is 0.840. The molecule has 1 N–H and O–H groups in total. The molecule has 21 heavy (non-hydrogen) atoms. The molecule has 2 aliphatic rings. The lowest BCUT2D eigenvalue weighted by molar-refractivity contribution is -0.0327. The molecule has 0 spiro atoms. The van der Waals surface area contributed by atoms with Gasteiger partial charge in [-0.3, -0.25) is 0 Å². The van der Waals surface area contributed by atoms with Crippen molar-refractivity contribution in [2.45, 2.75) is 63.8 Å². The molecule has 1 aromatic carbocycles. The van der Waals surface area contributed by atoms with Gasteiger partial charge >= 0.3 is 0 Å². The zero-order valence-electron chi connectivity index (χ0n) is 12.8. The van der Waals surface area contributed by atoms with E-state index in [4.69, 9.17) is 9.47 Å². The van der Waals surface area contributed by atoms with E-state index in [9.17, 15) is 4.39 Å². The van der Waals surface area contributed by atoms with E-state index in [1.807, 2.05) is 0 Å². The smallest absolute Gasteiger partial charge is 0.124 e. The summed E-state index contributed by atoms with van der Waals surface area (Å²) < 4.78 is 25.2. The van der Waals surface area contributed by atoms with Gasteiger partial charge in [0.25, 0.3) is 0 Å². The first kappa shape index (κ1) is 14.8. The van der Waals surface area contributed by atoms with Crippen molar-refractivity contribution in [2.24, 2.45) is 0 Å². The molecule has 4 heteroatoms. The van der Waals surface area contributed by atoms with Crippen LogP contribution in [-0.2, 0) is 11.3 Å². The van der Waals surface area contributed by atoms with Crippen LogP contribution < -0.4 is 10.1 Å². The van der Waals surface area contributed by atoms with Gasteiger partial charge in [0, 0.05) is 18.2 Å². The van der Waals surface area contributed by atoms with E-state index >= 15 is 0 Å². The highest BCUT2D eigenvalue weighted by atomic mass is 19.1. The maximum Gasteiger partial charge on any atom is 0.124 e. The fourth-order valence-corrected chi connectivity index (χ4v) is 2.75. The van der Waals surface area contributed by atoms with Crippen molar-refractivity contribution in [3.63, 3.8) is 0 Å². The molecule has 1 saturated carbocycles. The van der Waals surface area contributed by atoms with Gasteiger partial charge in [-0.2, -0.15) is 0 Å². The van der Waals surface area contributed by atoms with Gasteiger partial charge in [0.2, 0.25) is 0 Å². The van der Waals surface area contributed by atoms with Gasteiger partial charge in [0.15, 0.2) is 0 Å². The molecule has 3 rings (SSSR count). The van der Waals surface area contributed by atoms with E-state index in [2.05, 4.69) is 19.2 Å². The van der Waals surface area contributed by atoms with Crippen LogP contribution in [0.1, 0.15) is 45.1 Å². The van der Waals surface area contributed by atoms with Crippen LogP contribution in [0.25, 0.3) is 0 Å². The van der Waals surface area contributed by atoms with Crippen molar-refractivity contribution in [2.75, 3.05) is 6.61 Å². The molecule has 116 valence electrons. The van der Waals surface area contributed by atoms with Crippen LogP contribution in [0.2, 0.25) is 0 Å². The summed E-state index contributed by atoms with van der Waals surface area (Å²) in [7, 11) is 0. The van der Waals surface area contributed by atoms with Gasteiger partial charge in [-0.05, 0) is 57.7 Å². The fourth-order valence-electron chi connectivity index (χ4n) is 2.75. The lowest BCUT2D eigenvalue weighted by atomic mass is 10.1. The lowest BCUT2D eigenvalue weighted by Crippen LogP contribution is -2.24. The van der Waals surface area contributed by atoms with Gasteiger partial charge in [-0.1, -0.05) is 0 Å². The summed E-state index contributed by atoms with van der Waals surface area (Å²) in [6.07, 6.45) is 4.64. The second-order valence-corrected chi connectivity index (χ2v) is 6.76. The monoisotopic (exact) mass is 293 g/mol. The van der Waals surface area contributed by atoms with Crippen LogP contribution in [0.4, 0.5) is 4.39 Å². The maximum atomic E-state index is 13.4. The Morgan fingerprint density at radius 3 is 2.81 bits per heavy atom. The predicted molar refractivity (Wildman–Crippen MR) is 79.9 cm³/mol. The van der Waals surface area contributed by atoms with Crippen molar-refractivity contribution in [1.82, 2.24) is 5.32 Å². The van der Waals surface area contributed by atoms with E-state index in [1.165, 1.54) is 18.9 Å². The van der Waals surface area contributed by atoms with Gasteiger partial charge < -0.3 is 14.8 Å². The van der Waals surface area contributed by atoms with Crippen molar-refractivity contribution in [3.05, 3.63) is 29.6 Å². The third-order valence-corrected chi connectivity index (χ3v) is 4.16. The molecule has 1 aliphatic heterocycles.